The lowest BCUT2D eigenvalue weighted by molar-refractivity contribution is -0.144. The molecule has 140 valence electrons. The van der Waals surface area contributed by atoms with Gasteiger partial charge in [-0.3, -0.25) is 33.7 Å². The molecule has 10 nitrogen and oxygen atoms in total. The number of methoxy groups -OCH3 is 3. The molecule has 0 unspecified atom stereocenters. The molecule has 0 amide bonds. The van der Waals surface area contributed by atoms with Gasteiger partial charge in [-0.25, -0.2) is 0 Å². The Hall–Kier alpha value is -2.62. The summed E-state index contributed by atoms with van der Waals surface area (Å²) in [6.45, 7) is -1.18. The van der Waals surface area contributed by atoms with Gasteiger partial charge in [0.2, 0.25) is 0 Å². The highest BCUT2D eigenvalue weighted by molar-refractivity contribution is 6.00. The van der Waals surface area contributed by atoms with Gasteiger partial charge in [0, 0.05) is 0 Å². The molecule has 0 atom stereocenters. The average Bonchev–Trinajstić information content (AvgIpc) is 2.53. The molecule has 0 rings (SSSR count). The van der Waals surface area contributed by atoms with Gasteiger partial charge in [0.05, 0.1) is 41.0 Å². The highest BCUT2D eigenvalue weighted by atomic mass is 16.5. The Morgan fingerprint density at radius 3 is 1.00 bits per heavy atom. The second kappa shape index (κ2) is 11.8. The van der Waals surface area contributed by atoms with Crippen LogP contribution < -0.4 is 0 Å². The highest BCUT2D eigenvalue weighted by Gasteiger charge is 2.22. The Labute approximate surface area is 144 Å². The number of esters is 3. The van der Waals surface area contributed by atoms with Crippen molar-refractivity contribution in [2.24, 2.45) is 0 Å². The van der Waals surface area contributed by atoms with Crippen molar-refractivity contribution in [2.75, 3.05) is 41.0 Å². The second-order valence-corrected chi connectivity index (χ2v) is 5.02. The number of hydrogen-bond acceptors (Lipinski definition) is 10. The molecule has 0 heterocycles. The summed E-state index contributed by atoms with van der Waals surface area (Å²) in [5.74, 6) is -4.01. The van der Waals surface area contributed by atoms with Gasteiger partial charge < -0.3 is 14.2 Å². The predicted molar refractivity (Wildman–Crippen MR) is 81.4 cm³/mol. The zero-order valence-corrected chi connectivity index (χ0v) is 14.4. The van der Waals surface area contributed by atoms with E-state index >= 15 is 0 Å². The van der Waals surface area contributed by atoms with E-state index in [2.05, 4.69) is 14.2 Å². The summed E-state index contributed by atoms with van der Waals surface area (Å²) in [4.78, 5) is 69.8. The van der Waals surface area contributed by atoms with Crippen LogP contribution in [-0.2, 0) is 43.0 Å². The summed E-state index contributed by atoms with van der Waals surface area (Å²) in [5.41, 5.74) is 0. The number of Topliss-reactive ketones (excluding diaryl/α,β-unsaturated/α-hetero) is 3. The van der Waals surface area contributed by atoms with Gasteiger partial charge in [-0.05, 0) is 0 Å². The largest absolute Gasteiger partial charge is 0.469 e. The molecule has 0 aliphatic heterocycles. The summed E-state index contributed by atoms with van der Waals surface area (Å²) in [6.07, 6.45) is -1.57. The number of hydrogen-bond donors (Lipinski definition) is 0. The molecular weight excluding hydrogens is 338 g/mol. The van der Waals surface area contributed by atoms with E-state index in [1.807, 2.05) is 0 Å². The number of rotatable bonds is 12. The van der Waals surface area contributed by atoms with Gasteiger partial charge in [-0.1, -0.05) is 0 Å². The first-order valence-electron chi connectivity index (χ1n) is 7.19. The standard InChI is InChI=1S/C15H21NO9/c1-23-13(20)4-10(17)7-16(8-11(18)5-14(21)24-2)9-12(19)6-15(22)25-3/h4-9H2,1-3H3. The first kappa shape index (κ1) is 22.4. The van der Waals surface area contributed by atoms with Crippen LogP contribution in [0, 0.1) is 0 Å². The van der Waals surface area contributed by atoms with Crippen LogP contribution in [0.5, 0.6) is 0 Å². The van der Waals surface area contributed by atoms with Crippen LogP contribution in [0.2, 0.25) is 0 Å². The van der Waals surface area contributed by atoms with E-state index in [4.69, 9.17) is 0 Å². The zero-order chi connectivity index (χ0) is 19.4. The molecule has 0 spiro atoms. The predicted octanol–water partition coefficient (Wildman–Crippen LogP) is -1.31. The summed E-state index contributed by atoms with van der Waals surface area (Å²) >= 11 is 0. The van der Waals surface area contributed by atoms with Crippen molar-refractivity contribution >= 4 is 35.3 Å². The fourth-order valence-electron chi connectivity index (χ4n) is 1.78. The van der Waals surface area contributed by atoms with Crippen molar-refractivity contribution in [1.29, 1.82) is 0 Å². The van der Waals surface area contributed by atoms with E-state index in [0.29, 0.717) is 0 Å². The Bertz CT molecular complexity index is 465. The Morgan fingerprint density at radius 2 is 0.800 bits per heavy atom. The summed E-state index contributed by atoms with van der Waals surface area (Å²) in [6, 6.07) is 0. The summed E-state index contributed by atoms with van der Waals surface area (Å²) < 4.78 is 13.1. The van der Waals surface area contributed by atoms with Crippen molar-refractivity contribution in [3.8, 4) is 0 Å². The van der Waals surface area contributed by atoms with Gasteiger partial charge in [-0.2, -0.15) is 0 Å². The Kier molecular flexibility index (Phi) is 10.6. The first-order valence-corrected chi connectivity index (χ1v) is 7.19. The third-order valence-corrected chi connectivity index (χ3v) is 2.91. The molecule has 0 saturated carbocycles. The molecule has 0 aromatic heterocycles. The summed E-state index contributed by atoms with van der Waals surface area (Å²) in [7, 11) is 3.35. The van der Waals surface area contributed by atoms with Crippen LogP contribution in [0.4, 0.5) is 0 Å². The van der Waals surface area contributed by atoms with Crippen LogP contribution in [0.1, 0.15) is 19.3 Å². The van der Waals surface area contributed by atoms with Gasteiger partial charge in [-0.15, -0.1) is 0 Å². The van der Waals surface area contributed by atoms with Crippen molar-refractivity contribution < 1.29 is 43.0 Å². The fourth-order valence-corrected chi connectivity index (χ4v) is 1.78. The number of carbonyl (C=O) groups excluding carboxylic acids is 6. The minimum absolute atomic E-state index is 0.394. The molecule has 0 fully saturated rings. The SMILES string of the molecule is COC(=O)CC(=O)CN(CC(=O)CC(=O)OC)CC(=O)CC(=O)OC. The molecule has 0 aliphatic rings. The molecular formula is C15H21NO9. The normalized spacial score (nSPS) is 10.1. The molecule has 0 N–H and O–H groups in total. The monoisotopic (exact) mass is 359 g/mol. The first-order chi connectivity index (χ1) is 11.7. The number of nitrogens with zero attached hydrogens (tertiary/aromatic N) is 1. The van der Waals surface area contributed by atoms with E-state index in [9.17, 15) is 28.8 Å². The topological polar surface area (TPSA) is 133 Å². The molecule has 0 radical (unpaired) electrons. The van der Waals surface area contributed by atoms with Crippen molar-refractivity contribution in [3.63, 3.8) is 0 Å². The maximum absolute atomic E-state index is 11.8. The van der Waals surface area contributed by atoms with Crippen LogP contribution in [0.3, 0.4) is 0 Å². The third-order valence-electron chi connectivity index (χ3n) is 2.91. The molecule has 0 aliphatic carbocycles. The molecule has 0 aromatic rings. The number of ketones is 3. The molecule has 0 saturated heterocycles. The van der Waals surface area contributed by atoms with Gasteiger partial charge in [0.15, 0.2) is 17.3 Å². The van der Waals surface area contributed by atoms with Crippen LogP contribution in [0.25, 0.3) is 0 Å². The molecule has 10 heteroatoms. The number of carbonyl (C=O) groups is 6. The van der Waals surface area contributed by atoms with E-state index in [-0.39, 0.29) is 0 Å². The van der Waals surface area contributed by atoms with Gasteiger partial charge >= 0.3 is 17.9 Å². The van der Waals surface area contributed by atoms with E-state index < -0.39 is 74.2 Å². The third kappa shape index (κ3) is 10.7. The van der Waals surface area contributed by atoms with E-state index in [1.54, 1.807) is 0 Å². The zero-order valence-electron chi connectivity index (χ0n) is 14.4. The smallest absolute Gasteiger partial charge is 0.313 e. The average molecular weight is 359 g/mol. The number of ether oxygens (including phenoxy) is 3. The second-order valence-electron chi connectivity index (χ2n) is 5.02. The lowest BCUT2D eigenvalue weighted by atomic mass is 10.2. The molecule has 25 heavy (non-hydrogen) atoms. The van der Waals surface area contributed by atoms with Crippen LogP contribution in [0.15, 0.2) is 0 Å². The van der Waals surface area contributed by atoms with E-state index in [0.717, 1.165) is 26.2 Å². The van der Waals surface area contributed by atoms with Crippen LogP contribution in [-0.4, -0.2) is 81.1 Å². The maximum atomic E-state index is 11.8. The minimum atomic E-state index is -0.758. The van der Waals surface area contributed by atoms with E-state index in [1.165, 1.54) is 0 Å². The van der Waals surface area contributed by atoms with Crippen molar-refractivity contribution in [1.82, 2.24) is 4.90 Å². The van der Waals surface area contributed by atoms with Gasteiger partial charge in [0.1, 0.15) is 19.3 Å². The highest BCUT2D eigenvalue weighted by Crippen LogP contribution is 2.00. The Balaban J connectivity index is 4.85. The lowest BCUT2D eigenvalue weighted by Crippen LogP contribution is -2.39. The maximum Gasteiger partial charge on any atom is 0.313 e. The Morgan fingerprint density at radius 1 is 0.560 bits per heavy atom. The molecule has 0 bridgehead atoms. The van der Waals surface area contributed by atoms with Crippen molar-refractivity contribution in [3.05, 3.63) is 0 Å². The minimum Gasteiger partial charge on any atom is -0.469 e. The quantitative estimate of drug-likeness (QED) is 0.235. The van der Waals surface area contributed by atoms with Crippen LogP contribution >= 0.6 is 0 Å². The summed E-state index contributed by atoms with van der Waals surface area (Å²) in [5, 5.41) is 0. The van der Waals surface area contributed by atoms with Crippen molar-refractivity contribution in [2.45, 2.75) is 19.3 Å². The lowest BCUT2D eigenvalue weighted by Gasteiger charge is -2.19. The fraction of sp³-hybridized carbons (Fsp3) is 0.600. The molecule has 0 aromatic carbocycles. The van der Waals surface area contributed by atoms with Gasteiger partial charge in [0.25, 0.3) is 0 Å².